The highest BCUT2D eigenvalue weighted by Gasteiger charge is 2.15. The highest BCUT2D eigenvalue weighted by Crippen LogP contribution is 2.05. The van der Waals surface area contributed by atoms with Crippen LogP contribution in [-0.4, -0.2) is 25.3 Å². The van der Waals surface area contributed by atoms with Crippen molar-refractivity contribution in [1.82, 2.24) is 0 Å². The third-order valence-corrected chi connectivity index (χ3v) is 3.59. The fourth-order valence-corrected chi connectivity index (χ4v) is 3.35. The summed E-state index contributed by atoms with van der Waals surface area (Å²) in [4.78, 5) is 0. The summed E-state index contributed by atoms with van der Waals surface area (Å²) in [7, 11) is -2.91. The molecule has 0 aromatic heterocycles. The Bertz CT molecular complexity index is 178. The zero-order valence-electron chi connectivity index (χ0n) is 7.17. The van der Waals surface area contributed by atoms with Crippen molar-refractivity contribution in [3.8, 4) is 0 Å². The van der Waals surface area contributed by atoms with E-state index in [4.69, 9.17) is 11.6 Å². The molecule has 0 heterocycles. The van der Waals surface area contributed by atoms with Crippen molar-refractivity contribution < 1.29 is 8.42 Å². The van der Waals surface area contributed by atoms with Crippen LogP contribution in [0.5, 0.6) is 0 Å². The fraction of sp³-hybridized carbons (Fsp3) is 1.00. The molecule has 68 valence electrons. The number of halogens is 1. The molecule has 0 bridgehead atoms. The van der Waals surface area contributed by atoms with Crippen LogP contribution < -0.4 is 0 Å². The van der Waals surface area contributed by atoms with Gasteiger partial charge >= 0.3 is 0 Å². The van der Waals surface area contributed by atoms with Crippen molar-refractivity contribution in [2.24, 2.45) is 5.92 Å². The standard InChI is InChI=1S/C7H15ClO2S/c1-6(2)4-11(9,10)5-7(3)8/h6-7H,4-5H2,1-3H3. The average molecular weight is 199 g/mol. The van der Waals surface area contributed by atoms with E-state index in [0.29, 0.717) is 0 Å². The minimum absolute atomic E-state index is 0.0900. The monoisotopic (exact) mass is 198 g/mol. The summed E-state index contributed by atoms with van der Waals surface area (Å²) in [6, 6.07) is 0. The van der Waals surface area contributed by atoms with Gasteiger partial charge in [-0.3, -0.25) is 0 Å². The molecule has 0 radical (unpaired) electrons. The third kappa shape index (κ3) is 6.63. The predicted octanol–water partition coefficient (Wildman–Crippen LogP) is 1.68. The predicted molar refractivity (Wildman–Crippen MR) is 48.8 cm³/mol. The van der Waals surface area contributed by atoms with Gasteiger partial charge in [-0.25, -0.2) is 8.42 Å². The Balaban J connectivity index is 4.03. The first kappa shape index (κ1) is 11.2. The second kappa shape index (κ2) is 4.31. The van der Waals surface area contributed by atoms with Crippen LogP contribution in [0.15, 0.2) is 0 Å². The molecule has 1 atom stereocenters. The summed E-state index contributed by atoms with van der Waals surface area (Å²) in [5.41, 5.74) is 0. The number of rotatable bonds is 4. The summed E-state index contributed by atoms with van der Waals surface area (Å²) < 4.78 is 22.3. The van der Waals surface area contributed by atoms with E-state index >= 15 is 0 Å². The molecule has 0 aromatic rings. The van der Waals surface area contributed by atoms with Crippen molar-refractivity contribution in [3.05, 3.63) is 0 Å². The summed E-state index contributed by atoms with van der Waals surface area (Å²) in [6.45, 7) is 5.46. The summed E-state index contributed by atoms with van der Waals surface area (Å²) in [5, 5.41) is -0.279. The Labute approximate surface area is 73.9 Å². The molecule has 0 aliphatic heterocycles. The zero-order valence-corrected chi connectivity index (χ0v) is 8.74. The van der Waals surface area contributed by atoms with Crippen molar-refractivity contribution in [2.75, 3.05) is 11.5 Å². The molecule has 2 nitrogen and oxygen atoms in total. The first-order valence-electron chi connectivity index (χ1n) is 3.68. The Morgan fingerprint density at radius 1 is 1.18 bits per heavy atom. The van der Waals surface area contributed by atoms with Gasteiger partial charge in [0.05, 0.1) is 11.5 Å². The van der Waals surface area contributed by atoms with Crippen LogP contribution >= 0.6 is 11.6 Å². The Kier molecular flexibility index (Phi) is 4.41. The van der Waals surface area contributed by atoms with E-state index in [1.807, 2.05) is 13.8 Å². The van der Waals surface area contributed by atoms with Gasteiger partial charge in [0, 0.05) is 5.38 Å². The van der Waals surface area contributed by atoms with E-state index in [1.54, 1.807) is 6.92 Å². The highest BCUT2D eigenvalue weighted by molar-refractivity contribution is 7.91. The summed E-state index contributed by atoms with van der Waals surface area (Å²) >= 11 is 5.57. The highest BCUT2D eigenvalue weighted by atomic mass is 35.5. The smallest absolute Gasteiger partial charge is 0.152 e. The lowest BCUT2D eigenvalue weighted by atomic mass is 10.3. The molecule has 11 heavy (non-hydrogen) atoms. The van der Waals surface area contributed by atoms with Crippen LogP contribution in [0, 0.1) is 5.92 Å². The minimum Gasteiger partial charge on any atom is -0.229 e. The van der Waals surface area contributed by atoms with Gasteiger partial charge in [0.2, 0.25) is 0 Å². The van der Waals surface area contributed by atoms with Crippen LogP contribution in [0.25, 0.3) is 0 Å². The van der Waals surface area contributed by atoms with Gasteiger partial charge in [0.1, 0.15) is 0 Å². The van der Waals surface area contributed by atoms with Gasteiger partial charge in [0.25, 0.3) is 0 Å². The average Bonchev–Trinajstić information content (AvgIpc) is 1.53. The van der Waals surface area contributed by atoms with Gasteiger partial charge in [-0.2, -0.15) is 0 Å². The molecule has 0 aliphatic carbocycles. The fourth-order valence-electron chi connectivity index (χ4n) is 0.926. The van der Waals surface area contributed by atoms with Crippen molar-refractivity contribution in [2.45, 2.75) is 26.1 Å². The Hall–Kier alpha value is 0.240. The molecule has 4 heteroatoms. The molecular weight excluding hydrogens is 184 g/mol. The SMILES string of the molecule is CC(C)CS(=O)(=O)CC(C)Cl. The topological polar surface area (TPSA) is 34.1 Å². The number of hydrogen-bond donors (Lipinski definition) is 0. The quantitative estimate of drug-likeness (QED) is 0.645. The molecule has 0 spiro atoms. The minimum atomic E-state index is -2.91. The molecule has 0 aliphatic rings. The van der Waals surface area contributed by atoms with Gasteiger partial charge in [-0.05, 0) is 12.8 Å². The molecule has 0 amide bonds. The second-order valence-corrected chi connectivity index (χ2v) is 6.15. The maximum Gasteiger partial charge on any atom is 0.152 e. The van der Waals surface area contributed by atoms with Gasteiger partial charge in [0.15, 0.2) is 9.84 Å². The zero-order chi connectivity index (χ0) is 9.07. The van der Waals surface area contributed by atoms with Crippen LogP contribution in [0.2, 0.25) is 0 Å². The van der Waals surface area contributed by atoms with E-state index < -0.39 is 9.84 Å². The number of hydrogen-bond acceptors (Lipinski definition) is 2. The van der Waals surface area contributed by atoms with E-state index in [9.17, 15) is 8.42 Å². The molecule has 0 saturated carbocycles. The number of sulfone groups is 1. The van der Waals surface area contributed by atoms with Crippen LogP contribution in [0.3, 0.4) is 0 Å². The van der Waals surface area contributed by atoms with E-state index in [-0.39, 0.29) is 22.8 Å². The molecule has 0 fully saturated rings. The van der Waals surface area contributed by atoms with Gasteiger partial charge in [-0.15, -0.1) is 11.6 Å². The molecular formula is C7H15ClO2S. The largest absolute Gasteiger partial charge is 0.229 e. The lowest BCUT2D eigenvalue weighted by Crippen LogP contribution is -2.19. The maximum absolute atomic E-state index is 11.2. The van der Waals surface area contributed by atoms with Gasteiger partial charge in [-0.1, -0.05) is 13.8 Å². The van der Waals surface area contributed by atoms with Crippen molar-refractivity contribution in [3.63, 3.8) is 0 Å². The van der Waals surface area contributed by atoms with Crippen molar-refractivity contribution in [1.29, 1.82) is 0 Å². The van der Waals surface area contributed by atoms with Crippen LogP contribution in [0.4, 0.5) is 0 Å². The molecule has 0 rings (SSSR count). The van der Waals surface area contributed by atoms with Crippen molar-refractivity contribution >= 4 is 21.4 Å². The van der Waals surface area contributed by atoms with E-state index in [0.717, 1.165) is 0 Å². The van der Waals surface area contributed by atoms with Gasteiger partial charge < -0.3 is 0 Å². The maximum atomic E-state index is 11.2. The molecule has 1 unspecified atom stereocenters. The third-order valence-electron chi connectivity index (χ3n) is 1.07. The molecule has 0 aromatic carbocycles. The number of alkyl halides is 1. The first-order valence-corrected chi connectivity index (χ1v) is 5.94. The van der Waals surface area contributed by atoms with Crippen LogP contribution in [-0.2, 0) is 9.84 Å². The Morgan fingerprint density at radius 3 is 1.91 bits per heavy atom. The lowest BCUT2D eigenvalue weighted by Gasteiger charge is -2.07. The molecule has 0 N–H and O–H groups in total. The first-order chi connectivity index (χ1) is 4.83. The van der Waals surface area contributed by atoms with E-state index in [2.05, 4.69) is 0 Å². The van der Waals surface area contributed by atoms with Crippen LogP contribution in [0.1, 0.15) is 20.8 Å². The molecule has 0 saturated heterocycles. The normalized spacial score (nSPS) is 15.4. The summed E-state index contributed by atoms with van der Waals surface area (Å²) in [5.74, 6) is 0.520. The second-order valence-electron chi connectivity index (χ2n) is 3.25. The van der Waals surface area contributed by atoms with E-state index in [1.165, 1.54) is 0 Å². The Morgan fingerprint density at radius 2 is 1.64 bits per heavy atom. The lowest BCUT2D eigenvalue weighted by molar-refractivity contribution is 0.581. The summed E-state index contributed by atoms with van der Waals surface area (Å²) in [6.07, 6.45) is 0.